The Morgan fingerprint density at radius 1 is 1.15 bits per heavy atom. The van der Waals surface area contributed by atoms with E-state index in [9.17, 15) is 5.11 Å². The molecule has 0 heterocycles. The first kappa shape index (κ1) is 14.9. The van der Waals surface area contributed by atoms with E-state index in [0.29, 0.717) is 12.3 Å². The van der Waals surface area contributed by atoms with Crippen molar-refractivity contribution in [2.75, 3.05) is 0 Å². The second-order valence-corrected chi connectivity index (χ2v) is 5.62. The normalized spacial score (nSPS) is 12.3. The summed E-state index contributed by atoms with van der Waals surface area (Å²) < 4.78 is 0. The minimum Gasteiger partial charge on any atom is -0.508 e. The van der Waals surface area contributed by atoms with Crippen LogP contribution >= 0.6 is 11.6 Å². The third kappa shape index (κ3) is 3.99. The van der Waals surface area contributed by atoms with Gasteiger partial charge in [-0.25, -0.2) is 0 Å². The number of rotatable bonds is 5. The Morgan fingerprint density at radius 3 is 2.65 bits per heavy atom. The fourth-order valence-corrected chi connectivity index (χ4v) is 2.42. The molecule has 0 aliphatic heterocycles. The minimum atomic E-state index is 0.287. The first-order valence-corrected chi connectivity index (χ1v) is 7.19. The van der Waals surface area contributed by atoms with Crippen molar-refractivity contribution < 1.29 is 5.11 Å². The summed E-state index contributed by atoms with van der Waals surface area (Å²) in [5.74, 6) is 0.341. The third-order valence-electron chi connectivity index (χ3n) is 3.36. The van der Waals surface area contributed by atoms with Gasteiger partial charge in [0.05, 0.1) is 0 Å². The van der Waals surface area contributed by atoms with Crippen molar-refractivity contribution >= 4 is 11.6 Å². The molecule has 106 valence electrons. The van der Waals surface area contributed by atoms with Gasteiger partial charge < -0.3 is 10.4 Å². The van der Waals surface area contributed by atoms with Gasteiger partial charge >= 0.3 is 0 Å². The maximum atomic E-state index is 9.82. The summed E-state index contributed by atoms with van der Waals surface area (Å²) in [6.07, 6.45) is 0.867. The van der Waals surface area contributed by atoms with Crippen molar-refractivity contribution in [3.8, 4) is 5.75 Å². The van der Waals surface area contributed by atoms with Crippen molar-refractivity contribution in [1.82, 2.24) is 5.32 Å². The maximum Gasteiger partial charge on any atom is 0.120 e. The van der Waals surface area contributed by atoms with E-state index < -0.39 is 0 Å². The average molecular weight is 290 g/mol. The molecule has 3 heteroatoms. The largest absolute Gasteiger partial charge is 0.508 e. The Labute approximate surface area is 125 Å². The Hall–Kier alpha value is -1.51. The van der Waals surface area contributed by atoms with Crippen LogP contribution in [0.2, 0.25) is 5.02 Å². The van der Waals surface area contributed by atoms with Crippen LogP contribution in [0.1, 0.15) is 23.6 Å². The Balaban J connectivity index is 1.94. The van der Waals surface area contributed by atoms with Crippen molar-refractivity contribution in [3.05, 3.63) is 64.2 Å². The van der Waals surface area contributed by atoms with Gasteiger partial charge in [0.1, 0.15) is 5.75 Å². The zero-order valence-electron chi connectivity index (χ0n) is 11.9. The molecule has 2 nitrogen and oxygen atoms in total. The van der Waals surface area contributed by atoms with E-state index in [0.717, 1.165) is 28.1 Å². The summed E-state index contributed by atoms with van der Waals surface area (Å²) in [7, 11) is 0. The fourth-order valence-electron chi connectivity index (χ4n) is 2.21. The molecule has 0 saturated carbocycles. The van der Waals surface area contributed by atoms with Crippen LogP contribution in [-0.2, 0) is 13.0 Å². The van der Waals surface area contributed by atoms with Crippen molar-refractivity contribution in [2.45, 2.75) is 32.9 Å². The number of nitrogens with one attached hydrogen (secondary N) is 1. The molecule has 0 amide bonds. The Morgan fingerprint density at radius 2 is 1.90 bits per heavy atom. The molecule has 2 N–H and O–H groups in total. The van der Waals surface area contributed by atoms with Gasteiger partial charge in [-0.05, 0) is 38.0 Å². The Bertz CT molecular complexity index is 583. The highest BCUT2D eigenvalue weighted by Gasteiger charge is 2.07. The molecular formula is C17H20ClNO. The number of hydrogen-bond acceptors (Lipinski definition) is 2. The second kappa shape index (κ2) is 6.78. The smallest absolute Gasteiger partial charge is 0.120 e. The average Bonchev–Trinajstić information content (AvgIpc) is 2.42. The van der Waals surface area contributed by atoms with E-state index in [-0.39, 0.29) is 6.04 Å². The summed E-state index contributed by atoms with van der Waals surface area (Å²) in [4.78, 5) is 0. The van der Waals surface area contributed by atoms with Crippen LogP contribution in [0.4, 0.5) is 0 Å². The molecule has 0 spiro atoms. The SMILES string of the molecule is Cc1ccc(O)c(CNC(C)Cc2ccccc2Cl)c1. The topological polar surface area (TPSA) is 32.3 Å². The van der Waals surface area contributed by atoms with E-state index in [1.165, 1.54) is 0 Å². The summed E-state index contributed by atoms with van der Waals surface area (Å²) in [5.41, 5.74) is 3.22. The summed E-state index contributed by atoms with van der Waals surface area (Å²) in [6.45, 7) is 4.80. The first-order chi connectivity index (χ1) is 9.56. The monoisotopic (exact) mass is 289 g/mol. The maximum absolute atomic E-state index is 9.82. The quantitative estimate of drug-likeness (QED) is 0.869. The molecule has 0 saturated heterocycles. The highest BCUT2D eigenvalue weighted by molar-refractivity contribution is 6.31. The van der Waals surface area contributed by atoms with Crippen LogP contribution in [0.5, 0.6) is 5.75 Å². The zero-order chi connectivity index (χ0) is 14.5. The van der Waals surface area contributed by atoms with Gasteiger partial charge in [0.15, 0.2) is 0 Å². The molecule has 0 radical (unpaired) electrons. The van der Waals surface area contributed by atoms with Crippen LogP contribution in [0.15, 0.2) is 42.5 Å². The van der Waals surface area contributed by atoms with E-state index in [1.54, 1.807) is 6.07 Å². The molecule has 1 unspecified atom stereocenters. The lowest BCUT2D eigenvalue weighted by molar-refractivity contribution is 0.458. The van der Waals surface area contributed by atoms with Crippen LogP contribution < -0.4 is 5.32 Å². The zero-order valence-corrected chi connectivity index (χ0v) is 12.6. The van der Waals surface area contributed by atoms with Crippen molar-refractivity contribution in [1.29, 1.82) is 0 Å². The number of hydrogen-bond donors (Lipinski definition) is 2. The van der Waals surface area contributed by atoms with Crippen LogP contribution in [0.25, 0.3) is 0 Å². The van der Waals surface area contributed by atoms with Gasteiger partial charge in [0, 0.05) is 23.2 Å². The van der Waals surface area contributed by atoms with Gasteiger partial charge in [0.25, 0.3) is 0 Å². The number of benzene rings is 2. The molecule has 0 aromatic heterocycles. The van der Waals surface area contributed by atoms with E-state index in [4.69, 9.17) is 11.6 Å². The Kier molecular flexibility index (Phi) is 5.05. The molecule has 2 aromatic carbocycles. The molecule has 0 aliphatic rings. The van der Waals surface area contributed by atoms with Crippen LogP contribution in [0.3, 0.4) is 0 Å². The van der Waals surface area contributed by atoms with E-state index in [2.05, 4.69) is 12.2 Å². The van der Waals surface area contributed by atoms with Crippen molar-refractivity contribution in [2.24, 2.45) is 0 Å². The van der Waals surface area contributed by atoms with E-state index in [1.807, 2.05) is 43.3 Å². The standard InChI is InChI=1S/C17H20ClNO/c1-12-7-8-17(20)15(9-12)11-19-13(2)10-14-5-3-4-6-16(14)18/h3-9,13,19-20H,10-11H2,1-2H3. The first-order valence-electron chi connectivity index (χ1n) is 6.81. The van der Waals surface area contributed by atoms with Crippen LogP contribution in [-0.4, -0.2) is 11.1 Å². The van der Waals surface area contributed by atoms with Gasteiger partial charge in [-0.15, -0.1) is 0 Å². The fraction of sp³-hybridized carbons (Fsp3) is 0.294. The summed E-state index contributed by atoms with van der Waals surface area (Å²) >= 11 is 6.16. The molecule has 20 heavy (non-hydrogen) atoms. The van der Waals surface area contributed by atoms with E-state index >= 15 is 0 Å². The predicted octanol–water partition coefficient (Wildman–Crippen LogP) is 4.07. The lowest BCUT2D eigenvalue weighted by atomic mass is 10.1. The summed E-state index contributed by atoms with van der Waals surface area (Å²) in [6, 6.07) is 13.8. The lowest BCUT2D eigenvalue weighted by Gasteiger charge is -2.15. The predicted molar refractivity (Wildman–Crippen MR) is 84.3 cm³/mol. The molecule has 0 fully saturated rings. The molecule has 2 rings (SSSR count). The third-order valence-corrected chi connectivity index (χ3v) is 3.73. The molecule has 2 aromatic rings. The second-order valence-electron chi connectivity index (χ2n) is 5.21. The lowest BCUT2D eigenvalue weighted by Crippen LogP contribution is -2.27. The van der Waals surface area contributed by atoms with Crippen molar-refractivity contribution in [3.63, 3.8) is 0 Å². The number of halogens is 1. The number of phenolic OH excluding ortho intramolecular Hbond substituents is 1. The highest BCUT2D eigenvalue weighted by Crippen LogP contribution is 2.19. The molecule has 0 aliphatic carbocycles. The minimum absolute atomic E-state index is 0.287. The van der Waals surface area contributed by atoms with Gasteiger partial charge in [-0.2, -0.15) is 0 Å². The molecule has 0 bridgehead atoms. The molecular weight excluding hydrogens is 270 g/mol. The summed E-state index contributed by atoms with van der Waals surface area (Å²) in [5, 5.41) is 14.0. The molecule has 1 atom stereocenters. The van der Waals surface area contributed by atoms with Gasteiger partial charge in [0.2, 0.25) is 0 Å². The number of phenols is 1. The number of aryl methyl sites for hydroxylation is 1. The van der Waals surface area contributed by atoms with Crippen LogP contribution in [0, 0.1) is 6.92 Å². The van der Waals surface area contributed by atoms with Gasteiger partial charge in [-0.3, -0.25) is 0 Å². The number of aromatic hydroxyl groups is 1. The van der Waals surface area contributed by atoms with Gasteiger partial charge in [-0.1, -0.05) is 47.5 Å². The highest BCUT2D eigenvalue weighted by atomic mass is 35.5.